The molecule has 0 aromatic heterocycles. The van der Waals surface area contributed by atoms with Crippen molar-refractivity contribution < 1.29 is 0 Å². The highest BCUT2D eigenvalue weighted by atomic mass is 14.0. The summed E-state index contributed by atoms with van der Waals surface area (Å²) >= 11 is 0. The molecule has 0 fully saturated rings. The molecule has 0 aliphatic heterocycles. The van der Waals surface area contributed by atoms with Gasteiger partial charge in [-0.15, -0.1) is 0 Å². The molecule has 1 aromatic carbocycles. The predicted molar refractivity (Wildman–Crippen MR) is 49.3 cm³/mol. The second-order valence-electron chi connectivity index (χ2n) is 2.71. The second kappa shape index (κ2) is 3.56. The average molecular weight is 146 g/mol. The molecular weight excluding hydrogens is 132 g/mol. The Morgan fingerprint density at radius 2 is 1.91 bits per heavy atom. The van der Waals surface area contributed by atoms with Crippen LogP contribution in [0.2, 0.25) is 0 Å². The van der Waals surface area contributed by atoms with Crippen molar-refractivity contribution in [3.05, 3.63) is 48.7 Å². The molecule has 0 saturated carbocycles. The van der Waals surface area contributed by atoms with Crippen LogP contribution >= 0.6 is 0 Å². The van der Waals surface area contributed by atoms with E-state index in [0.29, 0.717) is 0 Å². The van der Waals surface area contributed by atoms with Gasteiger partial charge in [-0.25, -0.2) is 0 Å². The average Bonchev–Trinajstić information content (AvgIpc) is 2.04. The molecule has 1 aromatic rings. The molecule has 0 heteroatoms. The third-order valence-electron chi connectivity index (χ3n) is 2.03. The molecule has 0 N–H and O–H groups in total. The van der Waals surface area contributed by atoms with Gasteiger partial charge in [0.25, 0.3) is 0 Å². The lowest BCUT2D eigenvalue weighted by atomic mass is 9.98. The molecule has 11 heavy (non-hydrogen) atoms. The van der Waals surface area contributed by atoms with Crippen LogP contribution in [-0.2, 0) is 12.8 Å². The van der Waals surface area contributed by atoms with Crippen molar-refractivity contribution in [2.75, 3.05) is 0 Å². The third-order valence-corrected chi connectivity index (χ3v) is 2.03. The van der Waals surface area contributed by atoms with E-state index in [0.717, 1.165) is 12.8 Å². The molecule has 0 unspecified atom stereocenters. The maximum atomic E-state index is 3.90. The third kappa shape index (κ3) is 1.62. The summed E-state index contributed by atoms with van der Waals surface area (Å²) in [6, 6.07) is 6.33. The maximum Gasteiger partial charge on any atom is -0.0273 e. The SMILES string of the molecule is [CH2]Cc1cccc(C)c1C[CH2]. The van der Waals surface area contributed by atoms with Crippen LogP contribution in [0.3, 0.4) is 0 Å². The van der Waals surface area contributed by atoms with Crippen molar-refractivity contribution >= 4 is 0 Å². The van der Waals surface area contributed by atoms with Gasteiger partial charge in [-0.3, -0.25) is 0 Å². The largest absolute Gasteiger partial charge is 0.0617 e. The number of benzene rings is 1. The molecular formula is C11H14. The van der Waals surface area contributed by atoms with Crippen molar-refractivity contribution in [1.29, 1.82) is 0 Å². The monoisotopic (exact) mass is 146 g/mol. The molecule has 0 aliphatic carbocycles. The molecule has 0 nitrogen and oxygen atoms in total. The smallest absolute Gasteiger partial charge is 0.0273 e. The van der Waals surface area contributed by atoms with Crippen molar-refractivity contribution in [3.63, 3.8) is 0 Å². The topological polar surface area (TPSA) is 0 Å². The molecule has 0 heterocycles. The van der Waals surface area contributed by atoms with Crippen molar-refractivity contribution in [2.45, 2.75) is 19.8 Å². The molecule has 0 spiro atoms. The highest BCUT2D eigenvalue weighted by molar-refractivity contribution is 5.35. The summed E-state index contributed by atoms with van der Waals surface area (Å²) in [5.41, 5.74) is 4.03. The molecule has 1 rings (SSSR count). The Morgan fingerprint density at radius 3 is 2.36 bits per heavy atom. The van der Waals surface area contributed by atoms with E-state index in [-0.39, 0.29) is 0 Å². The van der Waals surface area contributed by atoms with E-state index in [1.807, 2.05) is 0 Å². The van der Waals surface area contributed by atoms with Crippen LogP contribution in [0.15, 0.2) is 18.2 Å². The molecule has 0 aliphatic rings. The van der Waals surface area contributed by atoms with Crippen LogP contribution in [-0.4, -0.2) is 0 Å². The summed E-state index contributed by atoms with van der Waals surface area (Å²) in [5.74, 6) is 0. The first-order chi connectivity index (χ1) is 5.29. The van der Waals surface area contributed by atoms with Gasteiger partial charge in [0.15, 0.2) is 0 Å². The minimum Gasteiger partial charge on any atom is -0.0617 e. The fourth-order valence-electron chi connectivity index (χ4n) is 1.35. The number of aryl methyl sites for hydroxylation is 1. The quantitative estimate of drug-likeness (QED) is 0.602. The van der Waals surface area contributed by atoms with E-state index in [4.69, 9.17) is 0 Å². The molecule has 0 atom stereocenters. The normalized spacial score (nSPS) is 10.1. The van der Waals surface area contributed by atoms with Gasteiger partial charge in [0, 0.05) is 0 Å². The Morgan fingerprint density at radius 1 is 1.18 bits per heavy atom. The summed E-state index contributed by atoms with van der Waals surface area (Å²) in [6.07, 6.45) is 1.74. The zero-order chi connectivity index (χ0) is 8.27. The molecule has 0 amide bonds. The highest BCUT2D eigenvalue weighted by Crippen LogP contribution is 2.14. The van der Waals surface area contributed by atoms with Crippen LogP contribution in [0.25, 0.3) is 0 Å². The minimum atomic E-state index is 0.868. The summed E-state index contributed by atoms with van der Waals surface area (Å²) in [5, 5.41) is 0. The number of hydrogen-bond acceptors (Lipinski definition) is 0. The van der Waals surface area contributed by atoms with Gasteiger partial charge in [-0.1, -0.05) is 18.2 Å². The minimum absolute atomic E-state index is 0.868. The van der Waals surface area contributed by atoms with E-state index in [1.165, 1.54) is 16.7 Å². The predicted octanol–water partition coefficient (Wildman–Crippen LogP) is 2.75. The van der Waals surface area contributed by atoms with Crippen LogP contribution in [0.4, 0.5) is 0 Å². The van der Waals surface area contributed by atoms with E-state index in [1.54, 1.807) is 0 Å². The van der Waals surface area contributed by atoms with Gasteiger partial charge < -0.3 is 0 Å². The lowest BCUT2D eigenvalue weighted by Crippen LogP contribution is -1.93. The summed E-state index contributed by atoms with van der Waals surface area (Å²) in [7, 11) is 0. The van der Waals surface area contributed by atoms with Crippen LogP contribution < -0.4 is 0 Å². The fraction of sp³-hybridized carbons (Fsp3) is 0.273. The lowest BCUT2D eigenvalue weighted by Gasteiger charge is -2.07. The zero-order valence-electron chi connectivity index (χ0n) is 7.06. The fourth-order valence-corrected chi connectivity index (χ4v) is 1.35. The van der Waals surface area contributed by atoms with Gasteiger partial charge in [0.1, 0.15) is 0 Å². The standard InChI is InChI=1S/C11H14/c1-4-10-8-6-7-9(3)11(10)5-2/h6-8H,1-2,4-5H2,3H3. The van der Waals surface area contributed by atoms with Gasteiger partial charge in [0.05, 0.1) is 0 Å². The van der Waals surface area contributed by atoms with Crippen LogP contribution in [0.5, 0.6) is 0 Å². The van der Waals surface area contributed by atoms with E-state index < -0.39 is 0 Å². The Bertz CT molecular complexity index is 236. The first kappa shape index (κ1) is 8.32. The zero-order valence-corrected chi connectivity index (χ0v) is 7.06. The van der Waals surface area contributed by atoms with E-state index >= 15 is 0 Å². The highest BCUT2D eigenvalue weighted by Gasteiger charge is 1.99. The van der Waals surface area contributed by atoms with Gasteiger partial charge in [0.2, 0.25) is 0 Å². The molecule has 0 saturated heterocycles. The first-order valence-electron chi connectivity index (χ1n) is 3.95. The first-order valence-corrected chi connectivity index (χ1v) is 3.95. The Labute approximate surface area is 69.3 Å². The van der Waals surface area contributed by atoms with E-state index in [2.05, 4.69) is 39.0 Å². The van der Waals surface area contributed by atoms with Crippen molar-refractivity contribution in [3.8, 4) is 0 Å². The van der Waals surface area contributed by atoms with Crippen molar-refractivity contribution in [2.24, 2.45) is 0 Å². The molecule has 0 bridgehead atoms. The number of rotatable bonds is 2. The summed E-state index contributed by atoms with van der Waals surface area (Å²) in [6.45, 7) is 9.90. The summed E-state index contributed by atoms with van der Waals surface area (Å²) < 4.78 is 0. The maximum absolute atomic E-state index is 3.90. The Kier molecular flexibility index (Phi) is 2.70. The van der Waals surface area contributed by atoms with Gasteiger partial charge >= 0.3 is 0 Å². The summed E-state index contributed by atoms with van der Waals surface area (Å²) in [4.78, 5) is 0. The van der Waals surface area contributed by atoms with Gasteiger partial charge in [-0.2, -0.15) is 0 Å². The number of hydrogen-bond donors (Lipinski definition) is 0. The van der Waals surface area contributed by atoms with Crippen LogP contribution in [0, 0.1) is 20.8 Å². The van der Waals surface area contributed by atoms with Crippen molar-refractivity contribution in [1.82, 2.24) is 0 Å². The Hall–Kier alpha value is -0.780. The molecule has 58 valence electrons. The second-order valence-corrected chi connectivity index (χ2v) is 2.71. The van der Waals surface area contributed by atoms with Gasteiger partial charge in [-0.05, 0) is 50.3 Å². The lowest BCUT2D eigenvalue weighted by molar-refractivity contribution is 1.12. The van der Waals surface area contributed by atoms with E-state index in [9.17, 15) is 0 Å². The Balaban J connectivity index is 3.13. The van der Waals surface area contributed by atoms with Crippen LogP contribution in [0.1, 0.15) is 16.7 Å². The molecule has 2 radical (unpaired) electrons.